The average Bonchev–Trinajstić information content (AvgIpc) is 2.35. The number of hydrogen-bond acceptors (Lipinski definition) is 4. The summed E-state index contributed by atoms with van der Waals surface area (Å²) in [7, 11) is 1.68. The summed E-state index contributed by atoms with van der Waals surface area (Å²) in [5.41, 5.74) is 10.8. The fourth-order valence-corrected chi connectivity index (χ4v) is 1.99. The second-order valence-corrected chi connectivity index (χ2v) is 4.40. The number of aromatic nitrogens is 2. The van der Waals surface area contributed by atoms with Crippen molar-refractivity contribution < 1.29 is 4.74 Å². The van der Waals surface area contributed by atoms with Crippen LogP contribution in [0.5, 0.6) is 5.75 Å². The summed E-state index contributed by atoms with van der Waals surface area (Å²) in [5, 5.41) is 0. The highest BCUT2D eigenvalue weighted by Gasteiger charge is 2.11. The fourth-order valence-electron chi connectivity index (χ4n) is 1.99. The van der Waals surface area contributed by atoms with Crippen LogP contribution in [0.25, 0.3) is 11.3 Å². The third-order valence-electron chi connectivity index (χ3n) is 2.99. The summed E-state index contributed by atoms with van der Waals surface area (Å²) in [6.45, 7) is 6.03. The van der Waals surface area contributed by atoms with E-state index >= 15 is 0 Å². The smallest absolute Gasteiger partial charge is 0.220 e. The Hall–Kier alpha value is -2.10. The van der Waals surface area contributed by atoms with E-state index in [-0.39, 0.29) is 0 Å². The third kappa shape index (κ3) is 2.14. The van der Waals surface area contributed by atoms with Crippen LogP contribution < -0.4 is 10.5 Å². The van der Waals surface area contributed by atoms with Gasteiger partial charge in [-0.25, -0.2) is 9.97 Å². The van der Waals surface area contributed by atoms with Gasteiger partial charge in [0.2, 0.25) is 5.95 Å². The van der Waals surface area contributed by atoms with Crippen LogP contribution in [-0.2, 0) is 0 Å². The minimum atomic E-state index is 0.295. The number of aryl methyl sites for hydroxylation is 3. The van der Waals surface area contributed by atoms with E-state index in [0.717, 1.165) is 33.7 Å². The monoisotopic (exact) mass is 243 g/mol. The summed E-state index contributed by atoms with van der Waals surface area (Å²) in [4.78, 5) is 8.32. The maximum atomic E-state index is 5.66. The minimum Gasteiger partial charge on any atom is -0.496 e. The molecule has 0 spiro atoms. The molecule has 18 heavy (non-hydrogen) atoms. The van der Waals surface area contributed by atoms with Gasteiger partial charge >= 0.3 is 0 Å². The lowest BCUT2D eigenvalue weighted by molar-refractivity contribution is 0.411. The molecule has 2 rings (SSSR count). The van der Waals surface area contributed by atoms with Gasteiger partial charge in [0.05, 0.1) is 12.8 Å². The number of nitrogens with two attached hydrogens (primary N) is 1. The van der Waals surface area contributed by atoms with Gasteiger partial charge in [0.1, 0.15) is 5.75 Å². The molecule has 1 aromatic heterocycles. The first-order valence-electron chi connectivity index (χ1n) is 5.77. The fraction of sp³-hybridized carbons (Fsp3) is 0.286. The maximum absolute atomic E-state index is 5.66. The van der Waals surface area contributed by atoms with E-state index in [9.17, 15) is 0 Å². The van der Waals surface area contributed by atoms with E-state index in [1.165, 1.54) is 0 Å². The standard InChI is InChI=1S/C14H17N3O/c1-8-6-12(18-4)9(2)5-11(8)13-10(3)7-16-14(15)17-13/h5-7H,1-4H3,(H2,15,16,17). The molecule has 0 aliphatic carbocycles. The molecule has 94 valence electrons. The zero-order chi connectivity index (χ0) is 13.3. The number of nitrogen functional groups attached to an aromatic ring is 1. The van der Waals surface area contributed by atoms with Crippen molar-refractivity contribution in [3.8, 4) is 17.0 Å². The van der Waals surface area contributed by atoms with Gasteiger partial charge in [-0.1, -0.05) is 0 Å². The third-order valence-corrected chi connectivity index (χ3v) is 2.99. The molecule has 1 heterocycles. The number of benzene rings is 1. The van der Waals surface area contributed by atoms with Crippen LogP contribution in [0.2, 0.25) is 0 Å². The number of ether oxygens (including phenoxy) is 1. The first kappa shape index (κ1) is 12.4. The summed E-state index contributed by atoms with van der Waals surface area (Å²) in [6.07, 6.45) is 1.75. The number of hydrogen-bond donors (Lipinski definition) is 1. The molecule has 1 aromatic carbocycles. The summed E-state index contributed by atoms with van der Waals surface area (Å²) in [5.74, 6) is 1.18. The zero-order valence-electron chi connectivity index (χ0n) is 11.1. The van der Waals surface area contributed by atoms with Crippen LogP contribution in [-0.4, -0.2) is 17.1 Å². The van der Waals surface area contributed by atoms with Crippen LogP contribution >= 0.6 is 0 Å². The lowest BCUT2D eigenvalue weighted by Gasteiger charge is -2.12. The van der Waals surface area contributed by atoms with Crippen molar-refractivity contribution in [3.63, 3.8) is 0 Å². The Kier molecular flexibility index (Phi) is 3.19. The lowest BCUT2D eigenvalue weighted by atomic mass is 9.99. The Morgan fingerprint density at radius 2 is 1.78 bits per heavy atom. The first-order chi connectivity index (χ1) is 8.52. The van der Waals surface area contributed by atoms with E-state index in [2.05, 4.69) is 16.0 Å². The van der Waals surface area contributed by atoms with Crippen molar-refractivity contribution in [2.24, 2.45) is 0 Å². The quantitative estimate of drug-likeness (QED) is 0.880. The van der Waals surface area contributed by atoms with Crippen molar-refractivity contribution >= 4 is 5.95 Å². The first-order valence-corrected chi connectivity index (χ1v) is 5.77. The summed E-state index contributed by atoms with van der Waals surface area (Å²) in [6, 6.07) is 4.09. The molecule has 0 fully saturated rings. The van der Waals surface area contributed by atoms with Crippen LogP contribution in [0, 0.1) is 20.8 Å². The molecule has 0 amide bonds. The molecule has 0 bridgehead atoms. The molecule has 0 unspecified atom stereocenters. The molecule has 2 N–H and O–H groups in total. The Morgan fingerprint density at radius 3 is 2.44 bits per heavy atom. The van der Waals surface area contributed by atoms with Gasteiger partial charge in [-0.15, -0.1) is 0 Å². The van der Waals surface area contributed by atoms with Gasteiger partial charge in [0.15, 0.2) is 0 Å². The molecular weight excluding hydrogens is 226 g/mol. The molecule has 0 atom stereocenters. The van der Waals surface area contributed by atoms with E-state index in [1.54, 1.807) is 13.3 Å². The van der Waals surface area contributed by atoms with Crippen LogP contribution in [0.1, 0.15) is 16.7 Å². The predicted octanol–water partition coefficient (Wildman–Crippen LogP) is 2.66. The van der Waals surface area contributed by atoms with Crippen molar-refractivity contribution in [3.05, 3.63) is 35.0 Å². The summed E-state index contributed by atoms with van der Waals surface area (Å²) < 4.78 is 5.31. The van der Waals surface area contributed by atoms with Gasteiger partial charge in [0.25, 0.3) is 0 Å². The van der Waals surface area contributed by atoms with Crippen molar-refractivity contribution in [1.29, 1.82) is 0 Å². The molecule has 2 aromatic rings. The van der Waals surface area contributed by atoms with Crippen molar-refractivity contribution in [1.82, 2.24) is 9.97 Å². The Balaban J connectivity index is 2.64. The zero-order valence-corrected chi connectivity index (χ0v) is 11.1. The van der Waals surface area contributed by atoms with Crippen molar-refractivity contribution in [2.75, 3.05) is 12.8 Å². The van der Waals surface area contributed by atoms with E-state index in [4.69, 9.17) is 10.5 Å². The van der Waals surface area contributed by atoms with Gasteiger partial charge in [-0.05, 0) is 49.6 Å². The van der Waals surface area contributed by atoms with E-state index in [0.29, 0.717) is 5.95 Å². The average molecular weight is 243 g/mol. The van der Waals surface area contributed by atoms with Crippen LogP contribution in [0.3, 0.4) is 0 Å². The van der Waals surface area contributed by atoms with Gasteiger partial charge in [-0.3, -0.25) is 0 Å². The molecule has 0 aliphatic rings. The number of rotatable bonds is 2. The van der Waals surface area contributed by atoms with E-state index < -0.39 is 0 Å². The Labute approximate surface area is 107 Å². The molecule has 0 saturated heterocycles. The second-order valence-electron chi connectivity index (χ2n) is 4.40. The minimum absolute atomic E-state index is 0.295. The SMILES string of the molecule is COc1cc(C)c(-c2nc(N)ncc2C)cc1C. The molecule has 4 heteroatoms. The van der Waals surface area contributed by atoms with Gasteiger partial charge in [0, 0.05) is 11.8 Å². The highest BCUT2D eigenvalue weighted by atomic mass is 16.5. The Morgan fingerprint density at radius 1 is 1.06 bits per heavy atom. The summed E-state index contributed by atoms with van der Waals surface area (Å²) >= 11 is 0. The number of nitrogens with zero attached hydrogens (tertiary/aromatic N) is 2. The maximum Gasteiger partial charge on any atom is 0.220 e. The Bertz CT molecular complexity index is 594. The highest BCUT2D eigenvalue weighted by molar-refractivity contribution is 5.69. The molecule has 0 saturated carbocycles. The van der Waals surface area contributed by atoms with Crippen LogP contribution in [0.15, 0.2) is 18.3 Å². The predicted molar refractivity (Wildman–Crippen MR) is 72.6 cm³/mol. The highest BCUT2D eigenvalue weighted by Crippen LogP contribution is 2.30. The molecule has 4 nitrogen and oxygen atoms in total. The normalized spacial score (nSPS) is 10.4. The van der Waals surface area contributed by atoms with Crippen LogP contribution in [0.4, 0.5) is 5.95 Å². The molecular formula is C14H17N3O. The van der Waals surface area contributed by atoms with Crippen molar-refractivity contribution in [2.45, 2.75) is 20.8 Å². The molecule has 0 radical (unpaired) electrons. The molecule has 0 aliphatic heterocycles. The van der Waals surface area contributed by atoms with Gasteiger partial charge < -0.3 is 10.5 Å². The van der Waals surface area contributed by atoms with E-state index in [1.807, 2.05) is 26.8 Å². The number of methoxy groups -OCH3 is 1. The van der Waals surface area contributed by atoms with Gasteiger partial charge in [-0.2, -0.15) is 0 Å². The number of anilines is 1. The largest absolute Gasteiger partial charge is 0.496 e. The second kappa shape index (κ2) is 4.64. The lowest BCUT2D eigenvalue weighted by Crippen LogP contribution is -2.00. The topological polar surface area (TPSA) is 61.0 Å².